The highest BCUT2D eigenvalue weighted by Crippen LogP contribution is 2.36. The Hall–Kier alpha value is -3.04. The van der Waals surface area contributed by atoms with Gasteiger partial charge in [0.25, 0.3) is 10.0 Å². The van der Waals surface area contributed by atoms with Crippen molar-refractivity contribution in [2.45, 2.75) is 23.7 Å². The van der Waals surface area contributed by atoms with Gasteiger partial charge in [0, 0.05) is 9.40 Å². The SMILES string of the molecule is CO/C(=N\S(=O)(=O)c1ccc(C)cc1)[C@H](c1ccccc1)[C@@H](C[N+](=O)[O-])c1ccc(Br)cc1. The summed E-state index contributed by atoms with van der Waals surface area (Å²) >= 11 is 3.38. The molecule has 0 radical (unpaired) electrons. The molecule has 0 aromatic heterocycles. The van der Waals surface area contributed by atoms with Crippen molar-refractivity contribution in [3.63, 3.8) is 0 Å². The second-order valence-corrected chi connectivity index (χ2v) is 10.0. The Morgan fingerprint density at radius 2 is 1.61 bits per heavy atom. The topological polar surface area (TPSA) is 98.9 Å². The van der Waals surface area contributed by atoms with Crippen molar-refractivity contribution in [3.8, 4) is 0 Å². The van der Waals surface area contributed by atoms with Crippen LogP contribution in [0.5, 0.6) is 0 Å². The van der Waals surface area contributed by atoms with Crippen LogP contribution in [0.4, 0.5) is 0 Å². The van der Waals surface area contributed by atoms with E-state index in [-0.39, 0.29) is 10.8 Å². The first-order chi connectivity index (χ1) is 15.7. The summed E-state index contributed by atoms with van der Waals surface area (Å²) in [5, 5.41) is 11.6. The first kappa shape index (κ1) is 24.6. The van der Waals surface area contributed by atoms with E-state index < -0.39 is 33.3 Å². The fourth-order valence-electron chi connectivity index (χ4n) is 3.58. The van der Waals surface area contributed by atoms with Crippen molar-refractivity contribution in [2.75, 3.05) is 13.7 Å². The summed E-state index contributed by atoms with van der Waals surface area (Å²) in [7, 11) is -2.78. The molecule has 0 fully saturated rings. The molecule has 0 amide bonds. The maximum atomic E-state index is 13.1. The summed E-state index contributed by atoms with van der Waals surface area (Å²) in [6.07, 6.45) is 0. The first-order valence-corrected chi connectivity index (χ1v) is 12.3. The number of nitrogens with zero attached hydrogens (tertiary/aromatic N) is 2. The lowest BCUT2D eigenvalue weighted by Crippen LogP contribution is -2.28. The molecule has 0 unspecified atom stereocenters. The van der Waals surface area contributed by atoms with Crippen LogP contribution in [0.3, 0.4) is 0 Å². The van der Waals surface area contributed by atoms with Gasteiger partial charge in [-0.15, -0.1) is 4.40 Å². The van der Waals surface area contributed by atoms with Crippen molar-refractivity contribution in [1.29, 1.82) is 0 Å². The standard InChI is InChI=1S/C24H23BrN2O5S/c1-17-8-14-21(15-9-17)33(30,31)26-24(32-2)23(19-6-4-3-5-7-19)22(16-27(28)29)18-10-12-20(25)13-11-18/h3-15,22-23H,16H2,1-2H3/b26-24-/t22-,23+/m0/s1. The molecule has 0 aliphatic heterocycles. The summed E-state index contributed by atoms with van der Waals surface area (Å²) in [5.74, 6) is -1.64. The van der Waals surface area contributed by atoms with E-state index in [1.54, 1.807) is 60.7 Å². The third-order valence-corrected chi connectivity index (χ3v) is 7.03. The van der Waals surface area contributed by atoms with Crippen molar-refractivity contribution < 1.29 is 18.1 Å². The number of nitro groups is 1. The molecule has 0 saturated heterocycles. The normalized spacial score (nSPS) is 13.8. The summed E-state index contributed by atoms with van der Waals surface area (Å²) in [4.78, 5) is 11.2. The molecule has 0 spiro atoms. The Bertz CT molecular complexity index is 1230. The molecule has 7 nitrogen and oxygen atoms in total. The number of sulfonamides is 1. The van der Waals surface area contributed by atoms with Crippen LogP contribution in [-0.2, 0) is 14.8 Å². The van der Waals surface area contributed by atoms with Crippen LogP contribution in [0.25, 0.3) is 0 Å². The lowest BCUT2D eigenvalue weighted by atomic mass is 9.81. The molecule has 0 saturated carbocycles. The van der Waals surface area contributed by atoms with Gasteiger partial charge in [0.15, 0.2) is 0 Å². The Balaban J connectivity index is 2.19. The van der Waals surface area contributed by atoms with Gasteiger partial charge in [-0.1, -0.05) is 76.1 Å². The number of rotatable bonds is 8. The van der Waals surface area contributed by atoms with Crippen molar-refractivity contribution in [2.24, 2.45) is 4.40 Å². The predicted octanol–water partition coefficient (Wildman–Crippen LogP) is 5.34. The molecular weight excluding hydrogens is 508 g/mol. The number of benzene rings is 3. The zero-order chi connectivity index (χ0) is 24.0. The molecule has 3 aromatic rings. The number of hydrogen-bond acceptors (Lipinski definition) is 5. The van der Waals surface area contributed by atoms with Crippen LogP contribution in [0.2, 0.25) is 0 Å². The van der Waals surface area contributed by atoms with Crippen LogP contribution < -0.4 is 0 Å². The number of methoxy groups -OCH3 is 1. The van der Waals surface area contributed by atoms with Crippen LogP contribution in [0, 0.1) is 17.0 Å². The van der Waals surface area contributed by atoms with Gasteiger partial charge in [0.05, 0.1) is 23.8 Å². The molecular formula is C24H23BrN2O5S. The molecule has 33 heavy (non-hydrogen) atoms. The largest absolute Gasteiger partial charge is 0.483 e. The van der Waals surface area contributed by atoms with E-state index >= 15 is 0 Å². The molecule has 3 rings (SSSR count). The van der Waals surface area contributed by atoms with E-state index in [1.165, 1.54) is 19.2 Å². The van der Waals surface area contributed by atoms with Crippen molar-refractivity contribution in [1.82, 2.24) is 0 Å². The van der Waals surface area contributed by atoms with Crippen LogP contribution in [0.15, 0.2) is 92.6 Å². The molecule has 0 bridgehead atoms. The number of hydrogen-bond donors (Lipinski definition) is 0. The summed E-state index contributed by atoms with van der Waals surface area (Å²) in [5.41, 5.74) is 2.24. The highest BCUT2D eigenvalue weighted by Gasteiger charge is 2.35. The summed E-state index contributed by atoms with van der Waals surface area (Å²) < 4.78 is 36.5. The van der Waals surface area contributed by atoms with Gasteiger partial charge in [-0.25, -0.2) is 0 Å². The molecule has 172 valence electrons. The number of aryl methyl sites for hydroxylation is 1. The van der Waals surface area contributed by atoms with Crippen LogP contribution in [0.1, 0.15) is 28.5 Å². The quantitative estimate of drug-likeness (QED) is 0.169. The van der Waals surface area contributed by atoms with E-state index in [9.17, 15) is 18.5 Å². The zero-order valence-corrected chi connectivity index (χ0v) is 20.5. The molecule has 0 heterocycles. The highest BCUT2D eigenvalue weighted by molar-refractivity contribution is 9.10. The fourth-order valence-corrected chi connectivity index (χ4v) is 4.86. The lowest BCUT2D eigenvalue weighted by molar-refractivity contribution is -0.483. The van der Waals surface area contributed by atoms with Gasteiger partial charge in [0.2, 0.25) is 12.4 Å². The fraction of sp³-hybridized carbons (Fsp3) is 0.208. The van der Waals surface area contributed by atoms with Gasteiger partial charge in [-0.3, -0.25) is 10.1 Å². The van der Waals surface area contributed by atoms with Gasteiger partial charge >= 0.3 is 0 Å². The van der Waals surface area contributed by atoms with E-state index in [2.05, 4.69) is 20.3 Å². The monoisotopic (exact) mass is 530 g/mol. The molecule has 2 atom stereocenters. The second kappa shape index (κ2) is 10.7. The molecule has 0 N–H and O–H groups in total. The average molecular weight is 531 g/mol. The Morgan fingerprint density at radius 1 is 1.00 bits per heavy atom. The average Bonchev–Trinajstić information content (AvgIpc) is 2.79. The summed E-state index contributed by atoms with van der Waals surface area (Å²) in [6, 6.07) is 22.4. The second-order valence-electron chi connectivity index (χ2n) is 7.48. The van der Waals surface area contributed by atoms with Gasteiger partial charge < -0.3 is 4.74 Å². The van der Waals surface area contributed by atoms with E-state index in [0.29, 0.717) is 11.1 Å². The van der Waals surface area contributed by atoms with Crippen molar-refractivity contribution >= 4 is 31.9 Å². The Kier molecular flexibility index (Phi) is 7.99. The van der Waals surface area contributed by atoms with E-state index in [4.69, 9.17) is 4.74 Å². The third kappa shape index (κ3) is 6.27. The Labute approximate surface area is 201 Å². The number of ether oxygens (including phenoxy) is 1. The minimum Gasteiger partial charge on any atom is -0.483 e. The highest BCUT2D eigenvalue weighted by atomic mass is 79.9. The minimum absolute atomic E-state index is 0.0175. The maximum Gasteiger partial charge on any atom is 0.285 e. The molecule has 0 aliphatic carbocycles. The summed E-state index contributed by atoms with van der Waals surface area (Å²) in [6.45, 7) is 1.42. The molecule has 3 aromatic carbocycles. The Morgan fingerprint density at radius 3 is 2.15 bits per heavy atom. The van der Waals surface area contributed by atoms with E-state index in [1.807, 2.05) is 13.0 Å². The van der Waals surface area contributed by atoms with Gasteiger partial charge in [-0.05, 0) is 42.3 Å². The van der Waals surface area contributed by atoms with Crippen molar-refractivity contribution in [3.05, 3.63) is 110 Å². The van der Waals surface area contributed by atoms with Gasteiger partial charge in [-0.2, -0.15) is 8.42 Å². The number of halogens is 1. The smallest absolute Gasteiger partial charge is 0.285 e. The first-order valence-electron chi connectivity index (χ1n) is 10.1. The van der Waals surface area contributed by atoms with Crippen LogP contribution >= 0.6 is 15.9 Å². The zero-order valence-electron chi connectivity index (χ0n) is 18.1. The lowest BCUT2D eigenvalue weighted by Gasteiger charge is -2.26. The minimum atomic E-state index is -4.11. The predicted molar refractivity (Wildman–Crippen MR) is 131 cm³/mol. The van der Waals surface area contributed by atoms with Crippen LogP contribution in [-0.4, -0.2) is 32.9 Å². The van der Waals surface area contributed by atoms with E-state index in [0.717, 1.165) is 10.0 Å². The third-order valence-electron chi connectivity index (χ3n) is 5.21. The van der Waals surface area contributed by atoms with Gasteiger partial charge in [0.1, 0.15) is 0 Å². The maximum absolute atomic E-state index is 13.1. The molecule has 0 aliphatic rings. The molecule has 9 heteroatoms.